The highest BCUT2D eigenvalue weighted by atomic mass is 35.5. The summed E-state index contributed by atoms with van der Waals surface area (Å²) in [6.45, 7) is 0.196. The molecule has 3 amide bonds. The Bertz CT molecular complexity index is 654. The minimum atomic E-state index is -0.439. The number of nitrogens with zero attached hydrogens (tertiary/aromatic N) is 2. The van der Waals surface area contributed by atoms with Gasteiger partial charge in [-0.1, -0.05) is 17.7 Å². The average Bonchev–Trinajstić information content (AvgIpc) is 3.32. The van der Waals surface area contributed by atoms with Gasteiger partial charge >= 0.3 is 0 Å². The van der Waals surface area contributed by atoms with Gasteiger partial charge < -0.3 is 4.90 Å². The molecule has 128 valence electrons. The third-order valence-corrected chi connectivity index (χ3v) is 4.76. The van der Waals surface area contributed by atoms with E-state index >= 15 is 0 Å². The summed E-state index contributed by atoms with van der Waals surface area (Å²) in [5.41, 5.74) is 0.299. The second-order valence-electron chi connectivity index (χ2n) is 6.14. The highest BCUT2D eigenvalue weighted by molar-refractivity contribution is 6.31. The Hall–Kier alpha value is -1.95. The van der Waals surface area contributed by atoms with Crippen molar-refractivity contribution in [2.45, 2.75) is 44.7 Å². The molecule has 24 heavy (non-hydrogen) atoms. The van der Waals surface area contributed by atoms with Crippen molar-refractivity contribution in [3.05, 3.63) is 34.6 Å². The van der Waals surface area contributed by atoms with E-state index in [0.717, 1.165) is 17.7 Å². The first kappa shape index (κ1) is 16.9. The molecule has 0 aromatic heterocycles. The van der Waals surface area contributed by atoms with Crippen molar-refractivity contribution in [2.24, 2.45) is 0 Å². The van der Waals surface area contributed by atoms with Crippen LogP contribution in [0.1, 0.15) is 37.7 Å². The number of imide groups is 1. The second-order valence-corrected chi connectivity index (χ2v) is 6.55. The number of carbonyl (C=O) groups excluding carboxylic acids is 3. The SMILES string of the molecule is O=C1CCC(=O)N1CCC(=O)N(Cc1c(F)cccc1Cl)C1CC1. The molecular formula is C17H18ClFN2O3. The molecule has 1 aromatic rings. The number of carbonyl (C=O) groups is 3. The Morgan fingerprint density at radius 1 is 1.25 bits per heavy atom. The molecular weight excluding hydrogens is 335 g/mol. The first-order chi connectivity index (χ1) is 11.5. The van der Waals surface area contributed by atoms with Gasteiger partial charge in [-0.15, -0.1) is 0 Å². The van der Waals surface area contributed by atoms with Crippen LogP contribution < -0.4 is 0 Å². The molecule has 5 nitrogen and oxygen atoms in total. The summed E-state index contributed by atoms with van der Waals surface area (Å²) in [4.78, 5) is 38.5. The Balaban J connectivity index is 1.66. The molecule has 7 heteroatoms. The number of hydrogen-bond donors (Lipinski definition) is 0. The van der Waals surface area contributed by atoms with Crippen LogP contribution in [0.3, 0.4) is 0 Å². The Kier molecular flexibility index (Phi) is 4.85. The molecule has 1 aromatic carbocycles. The van der Waals surface area contributed by atoms with Gasteiger partial charge in [0, 0.05) is 42.4 Å². The van der Waals surface area contributed by atoms with Gasteiger partial charge in [0.2, 0.25) is 17.7 Å². The van der Waals surface area contributed by atoms with Gasteiger partial charge in [0.05, 0.1) is 6.54 Å². The van der Waals surface area contributed by atoms with E-state index in [1.165, 1.54) is 12.1 Å². The molecule has 2 aliphatic rings. The van der Waals surface area contributed by atoms with Crippen molar-refractivity contribution in [1.82, 2.24) is 9.80 Å². The highest BCUT2D eigenvalue weighted by Gasteiger charge is 2.35. The fourth-order valence-electron chi connectivity index (χ4n) is 2.88. The zero-order chi connectivity index (χ0) is 17.3. The van der Waals surface area contributed by atoms with Gasteiger partial charge in [-0.3, -0.25) is 19.3 Å². The summed E-state index contributed by atoms with van der Waals surface area (Å²) in [6, 6.07) is 4.52. The van der Waals surface area contributed by atoms with Crippen LogP contribution >= 0.6 is 11.6 Å². The number of likely N-dealkylation sites (tertiary alicyclic amines) is 1. The first-order valence-corrected chi connectivity index (χ1v) is 8.40. The van der Waals surface area contributed by atoms with Crippen molar-refractivity contribution >= 4 is 29.3 Å². The van der Waals surface area contributed by atoms with E-state index in [4.69, 9.17) is 11.6 Å². The van der Waals surface area contributed by atoms with E-state index in [1.54, 1.807) is 11.0 Å². The first-order valence-electron chi connectivity index (χ1n) is 8.03. The van der Waals surface area contributed by atoms with Gasteiger partial charge in [-0.25, -0.2) is 4.39 Å². The van der Waals surface area contributed by atoms with E-state index in [-0.39, 0.29) is 56.1 Å². The number of benzene rings is 1. The number of amides is 3. The molecule has 0 radical (unpaired) electrons. The molecule has 0 spiro atoms. The average molecular weight is 353 g/mol. The van der Waals surface area contributed by atoms with Gasteiger partial charge in [-0.05, 0) is 25.0 Å². The lowest BCUT2D eigenvalue weighted by Gasteiger charge is -2.24. The quantitative estimate of drug-likeness (QED) is 0.739. The monoisotopic (exact) mass is 352 g/mol. The maximum absolute atomic E-state index is 14.0. The predicted molar refractivity (Wildman–Crippen MR) is 85.6 cm³/mol. The summed E-state index contributed by atoms with van der Waals surface area (Å²) in [5.74, 6) is -1.10. The van der Waals surface area contributed by atoms with Crippen molar-refractivity contribution < 1.29 is 18.8 Å². The summed E-state index contributed by atoms with van der Waals surface area (Å²) >= 11 is 6.05. The molecule has 0 atom stereocenters. The second kappa shape index (κ2) is 6.89. The van der Waals surface area contributed by atoms with Crippen LogP contribution in [0.15, 0.2) is 18.2 Å². The molecule has 0 N–H and O–H groups in total. The van der Waals surface area contributed by atoms with Crippen molar-refractivity contribution in [3.63, 3.8) is 0 Å². The summed E-state index contributed by atoms with van der Waals surface area (Å²) in [5, 5.41) is 0.290. The van der Waals surface area contributed by atoms with Gasteiger partial charge in [0.1, 0.15) is 5.82 Å². The third-order valence-electron chi connectivity index (χ3n) is 4.40. The fraction of sp³-hybridized carbons (Fsp3) is 0.471. The lowest BCUT2D eigenvalue weighted by molar-refractivity contribution is -0.139. The molecule has 0 bridgehead atoms. The smallest absolute Gasteiger partial charge is 0.229 e. The van der Waals surface area contributed by atoms with Crippen molar-refractivity contribution in [3.8, 4) is 0 Å². The van der Waals surface area contributed by atoms with Crippen molar-refractivity contribution in [2.75, 3.05) is 6.54 Å². The summed E-state index contributed by atoms with van der Waals surface area (Å²) in [6.07, 6.45) is 2.23. The molecule has 1 heterocycles. The maximum atomic E-state index is 14.0. The van der Waals surface area contributed by atoms with Crippen LogP contribution in [0, 0.1) is 5.82 Å². The van der Waals surface area contributed by atoms with E-state index < -0.39 is 5.82 Å². The minimum absolute atomic E-state index is 0.0556. The normalized spacial score (nSPS) is 17.5. The molecule has 0 unspecified atom stereocenters. The van der Waals surface area contributed by atoms with Crippen LogP contribution in [0.5, 0.6) is 0 Å². The molecule has 3 rings (SSSR count). The lowest BCUT2D eigenvalue weighted by atomic mass is 10.2. The molecule has 1 saturated heterocycles. The maximum Gasteiger partial charge on any atom is 0.229 e. The summed E-state index contributed by atoms with van der Waals surface area (Å²) < 4.78 is 14.0. The molecule has 1 aliphatic carbocycles. The van der Waals surface area contributed by atoms with Crippen LogP contribution in [0.2, 0.25) is 5.02 Å². The van der Waals surface area contributed by atoms with Crippen LogP contribution in [-0.2, 0) is 20.9 Å². The van der Waals surface area contributed by atoms with Gasteiger partial charge in [0.25, 0.3) is 0 Å². The Morgan fingerprint density at radius 2 is 1.92 bits per heavy atom. The Morgan fingerprint density at radius 3 is 2.50 bits per heavy atom. The minimum Gasteiger partial charge on any atom is -0.335 e. The molecule has 2 fully saturated rings. The van der Waals surface area contributed by atoms with E-state index in [1.807, 2.05) is 0 Å². The Labute approximate surface area is 144 Å². The zero-order valence-electron chi connectivity index (χ0n) is 13.1. The number of rotatable bonds is 6. The lowest BCUT2D eigenvalue weighted by Crippen LogP contribution is -2.37. The van der Waals surface area contributed by atoms with E-state index in [2.05, 4.69) is 0 Å². The van der Waals surface area contributed by atoms with Gasteiger partial charge in [0.15, 0.2) is 0 Å². The topological polar surface area (TPSA) is 57.7 Å². The van der Waals surface area contributed by atoms with Crippen LogP contribution in [0.4, 0.5) is 4.39 Å². The molecule has 1 aliphatic heterocycles. The zero-order valence-corrected chi connectivity index (χ0v) is 13.9. The molecule has 1 saturated carbocycles. The predicted octanol–water partition coefficient (Wildman–Crippen LogP) is 2.51. The van der Waals surface area contributed by atoms with Crippen molar-refractivity contribution in [1.29, 1.82) is 0 Å². The van der Waals surface area contributed by atoms with E-state index in [0.29, 0.717) is 10.6 Å². The van der Waals surface area contributed by atoms with Gasteiger partial charge in [-0.2, -0.15) is 0 Å². The van der Waals surface area contributed by atoms with E-state index in [9.17, 15) is 18.8 Å². The standard InChI is InChI=1S/C17H18ClFN2O3/c18-13-2-1-3-14(19)12(13)10-21(11-4-5-11)17(24)8-9-20-15(22)6-7-16(20)23/h1-3,11H,4-10H2. The van der Waals surface area contributed by atoms with Crippen LogP contribution in [-0.4, -0.2) is 40.1 Å². The van der Waals surface area contributed by atoms with Crippen LogP contribution in [0.25, 0.3) is 0 Å². The summed E-state index contributed by atoms with van der Waals surface area (Å²) in [7, 11) is 0. The third kappa shape index (κ3) is 3.59. The number of hydrogen-bond acceptors (Lipinski definition) is 3. The number of halogens is 2. The highest BCUT2D eigenvalue weighted by Crippen LogP contribution is 2.31. The largest absolute Gasteiger partial charge is 0.335 e. The fourth-order valence-corrected chi connectivity index (χ4v) is 3.11.